The zero-order valence-corrected chi connectivity index (χ0v) is 17.8. The normalized spacial score (nSPS) is 27.5. The third kappa shape index (κ3) is 2.75. The Bertz CT molecular complexity index is 1160. The SMILES string of the molecule is Cc1ccc2c(c1)C1CC(c3ccc4ccccc4c3)=NN1C1(CCC(C)CC1)O2. The number of nitrogens with zero attached hydrogens (tertiary/aromatic N) is 2. The van der Waals surface area contributed by atoms with Crippen LogP contribution in [0.4, 0.5) is 0 Å². The molecule has 1 atom stereocenters. The smallest absolute Gasteiger partial charge is 0.198 e. The van der Waals surface area contributed by atoms with E-state index in [1.54, 1.807) is 0 Å². The average Bonchev–Trinajstić information content (AvgIpc) is 3.23. The molecule has 0 bridgehead atoms. The zero-order valence-electron chi connectivity index (χ0n) is 17.8. The van der Waals surface area contributed by atoms with Crippen LogP contribution in [0.5, 0.6) is 5.75 Å². The largest absolute Gasteiger partial charge is 0.466 e. The Morgan fingerprint density at radius 1 is 0.967 bits per heavy atom. The van der Waals surface area contributed by atoms with Crippen LogP contribution in [0.25, 0.3) is 10.8 Å². The highest BCUT2D eigenvalue weighted by Gasteiger charge is 2.51. The predicted octanol–water partition coefficient (Wildman–Crippen LogP) is 6.60. The maximum atomic E-state index is 6.75. The molecule has 0 saturated heterocycles. The Morgan fingerprint density at radius 3 is 2.60 bits per heavy atom. The van der Waals surface area contributed by atoms with Gasteiger partial charge in [-0.05, 0) is 54.2 Å². The summed E-state index contributed by atoms with van der Waals surface area (Å²) in [5.74, 6) is 1.83. The maximum absolute atomic E-state index is 6.75. The number of aryl methyl sites for hydroxylation is 1. The molecule has 0 N–H and O–H groups in total. The van der Waals surface area contributed by atoms with Crippen molar-refractivity contribution in [2.45, 2.75) is 57.7 Å². The van der Waals surface area contributed by atoms with E-state index >= 15 is 0 Å². The first-order chi connectivity index (χ1) is 14.6. The Kier molecular flexibility index (Phi) is 3.96. The van der Waals surface area contributed by atoms with Gasteiger partial charge in [0.15, 0.2) is 5.72 Å². The average molecular weight is 397 g/mol. The Labute approximate surface area is 178 Å². The van der Waals surface area contributed by atoms with Crippen molar-refractivity contribution in [1.29, 1.82) is 0 Å². The highest BCUT2D eigenvalue weighted by molar-refractivity contribution is 6.04. The van der Waals surface area contributed by atoms with Crippen molar-refractivity contribution in [2.75, 3.05) is 0 Å². The lowest BCUT2D eigenvalue weighted by atomic mass is 9.82. The van der Waals surface area contributed by atoms with Gasteiger partial charge in [0, 0.05) is 24.8 Å². The number of rotatable bonds is 1. The maximum Gasteiger partial charge on any atom is 0.198 e. The molecule has 3 aliphatic rings. The van der Waals surface area contributed by atoms with Crippen LogP contribution in [0, 0.1) is 12.8 Å². The summed E-state index contributed by atoms with van der Waals surface area (Å²) in [7, 11) is 0. The minimum Gasteiger partial charge on any atom is -0.466 e. The second-order valence-electron chi connectivity index (χ2n) is 9.45. The first kappa shape index (κ1) is 18.0. The summed E-state index contributed by atoms with van der Waals surface area (Å²) in [5, 5.41) is 10.1. The van der Waals surface area contributed by atoms with E-state index in [1.165, 1.54) is 46.0 Å². The summed E-state index contributed by atoms with van der Waals surface area (Å²) < 4.78 is 6.75. The van der Waals surface area contributed by atoms with E-state index in [-0.39, 0.29) is 11.8 Å². The summed E-state index contributed by atoms with van der Waals surface area (Å²) in [6, 6.07) is 22.2. The van der Waals surface area contributed by atoms with Crippen molar-refractivity contribution in [3.05, 3.63) is 77.4 Å². The predicted molar refractivity (Wildman–Crippen MR) is 122 cm³/mol. The Balaban J connectivity index is 1.45. The molecule has 30 heavy (non-hydrogen) atoms. The molecule has 1 aliphatic carbocycles. The van der Waals surface area contributed by atoms with Crippen molar-refractivity contribution >= 4 is 16.5 Å². The molecule has 0 aromatic heterocycles. The van der Waals surface area contributed by atoms with Crippen LogP contribution in [0.1, 0.15) is 61.8 Å². The van der Waals surface area contributed by atoms with Crippen LogP contribution >= 0.6 is 0 Å². The molecule has 1 saturated carbocycles. The molecule has 2 aliphatic heterocycles. The number of hydrogen-bond acceptors (Lipinski definition) is 3. The minimum absolute atomic E-state index is 0.267. The fourth-order valence-electron chi connectivity index (χ4n) is 5.49. The molecule has 152 valence electrons. The highest BCUT2D eigenvalue weighted by Crippen LogP contribution is 2.52. The van der Waals surface area contributed by atoms with Crippen LogP contribution in [0.15, 0.2) is 65.8 Å². The van der Waals surface area contributed by atoms with Crippen LogP contribution in [0.2, 0.25) is 0 Å². The monoisotopic (exact) mass is 396 g/mol. The molecule has 1 spiro atoms. The van der Waals surface area contributed by atoms with Crippen molar-refractivity contribution in [3.8, 4) is 5.75 Å². The zero-order chi connectivity index (χ0) is 20.3. The van der Waals surface area contributed by atoms with Gasteiger partial charge >= 0.3 is 0 Å². The molecule has 6 rings (SSSR count). The van der Waals surface area contributed by atoms with Gasteiger partial charge in [-0.15, -0.1) is 0 Å². The van der Waals surface area contributed by atoms with Crippen LogP contribution in [0.3, 0.4) is 0 Å². The first-order valence-corrected chi connectivity index (χ1v) is 11.3. The second kappa shape index (κ2) is 6.60. The van der Waals surface area contributed by atoms with Gasteiger partial charge < -0.3 is 4.74 Å². The fraction of sp³-hybridized carbons (Fsp3) is 0.370. The molecule has 3 aromatic rings. The lowest BCUT2D eigenvalue weighted by molar-refractivity contribution is -0.145. The number of benzene rings is 3. The Hall–Kier alpha value is -2.81. The molecule has 0 radical (unpaired) electrons. The van der Waals surface area contributed by atoms with Gasteiger partial charge in [-0.3, -0.25) is 0 Å². The number of ether oxygens (including phenoxy) is 1. The van der Waals surface area contributed by atoms with E-state index in [4.69, 9.17) is 9.84 Å². The molecule has 1 fully saturated rings. The van der Waals surface area contributed by atoms with Crippen molar-refractivity contribution < 1.29 is 4.74 Å². The molecule has 0 amide bonds. The summed E-state index contributed by atoms with van der Waals surface area (Å²) in [6.45, 7) is 4.52. The quantitative estimate of drug-likeness (QED) is 0.463. The molecular formula is C27H28N2O. The second-order valence-corrected chi connectivity index (χ2v) is 9.45. The van der Waals surface area contributed by atoms with Gasteiger partial charge in [0.2, 0.25) is 0 Å². The van der Waals surface area contributed by atoms with E-state index in [2.05, 4.69) is 79.5 Å². The van der Waals surface area contributed by atoms with Gasteiger partial charge in [0.25, 0.3) is 0 Å². The third-order valence-electron chi connectivity index (χ3n) is 7.29. The van der Waals surface area contributed by atoms with Gasteiger partial charge in [-0.25, -0.2) is 5.01 Å². The molecule has 3 heteroatoms. The number of hydrazone groups is 1. The van der Waals surface area contributed by atoms with Crippen LogP contribution < -0.4 is 4.74 Å². The molecule has 3 aromatic carbocycles. The summed E-state index contributed by atoms with van der Waals surface area (Å²) >= 11 is 0. The first-order valence-electron chi connectivity index (χ1n) is 11.3. The molecule has 2 heterocycles. The number of fused-ring (bicyclic) bond motifs is 5. The van der Waals surface area contributed by atoms with E-state index < -0.39 is 0 Å². The summed E-state index contributed by atoms with van der Waals surface area (Å²) in [4.78, 5) is 0. The fourth-order valence-corrected chi connectivity index (χ4v) is 5.49. The Morgan fingerprint density at radius 2 is 1.77 bits per heavy atom. The van der Waals surface area contributed by atoms with Crippen molar-refractivity contribution in [1.82, 2.24) is 5.01 Å². The topological polar surface area (TPSA) is 24.8 Å². The molecule has 1 unspecified atom stereocenters. The van der Waals surface area contributed by atoms with E-state index in [0.717, 1.165) is 30.9 Å². The van der Waals surface area contributed by atoms with Crippen molar-refractivity contribution in [2.24, 2.45) is 11.0 Å². The standard InChI is InChI=1S/C27H28N2O/c1-18-11-13-27(14-12-18)29-25(23-15-19(2)7-10-26(23)30-27)17-24(28-29)22-9-8-20-5-3-4-6-21(20)16-22/h3-10,15-16,18,25H,11-14,17H2,1-2H3. The summed E-state index contributed by atoms with van der Waals surface area (Å²) in [6.07, 6.45) is 5.44. The third-order valence-corrected chi connectivity index (χ3v) is 7.29. The van der Waals surface area contributed by atoms with Crippen LogP contribution in [-0.2, 0) is 0 Å². The van der Waals surface area contributed by atoms with Gasteiger partial charge in [0.05, 0.1) is 11.8 Å². The summed E-state index contributed by atoms with van der Waals surface area (Å²) in [5.41, 5.74) is 4.69. The van der Waals surface area contributed by atoms with Gasteiger partial charge in [-0.1, -0.05) is 61.0 Å². The lowest BCUT2D eigenvalue weighted by Gasteiger charge is -2.50. The minimum atomic E-state index is -0.294. The van der Waals surface area contributed by atoms with Gasteiger partial charge in [0.1, 0.15) is 5.75 Å². The number of hydrogen-bond donors (Lipinski definition) is 0. The lowest BCUT2D eigenvalue weighted by Crippen LogP contribution is -2.55. The van der Waals surface area contributed by atoms with E-state index in [1.807, 2.05) is 0 Å². The van der Waals surface area contributed by atoms with Gasteiger partial charge in [-0.2, -0.15) is 5.10 Å². The highest BCUT2D eigenvalue weighted by atomic mass is 16.5. The molecule has 3 nitrogen and oxygen atoms in total. The van der Waals surface area contributed by atoms with E-state index in [9.17, 15) is 0 Å². The van der Waals surface area contributed by atoms with E-state index in [0.29, 0.717) is 0 Å². The molecular weight excluding hydrogens is 368 g/mol. The van der Waals surface area contributed by atoms with Crippen LogP contribution in [-0.4, -0.2) is 16.4 Å². The van der Waals surface area contributed by atoms with Crippen molar-refractivity contribution in [3.63, 3.8) is 0 Å².